The zero-order chi connectivity index (χ0) is 21.5. The molecule has 1 amide bonds. The van der Waals surface area contributed by atoms with Gasteiger partial charge in [0.1, 0.15) is 5.54 Å². The number of rotatable bonds is 5. The number of sulfone groups is 1. The van der Waals surface area contributed by atoms with Gasteiger partial charge in [0.05, 0.1) is 27.3 Å². The van der Waals surface area contributed by atoms with Gasteiger partial charge in [0.2, 0.25) is 5.91 Å². The predicted molar refractivity (Wildman–Crippen MR) is 113 cm³/mol. The van der Waals surface area contributed by atoms with Gasteiger partial charge < -0.3 is 10.6 Å². The highest BCUT2D eigenvalue weighted by Gasteiger charge is 2.47. The van der Waals surface area contributed by atoms with Crippen molar-refractivity contribution < 1.29 is 13.2 Å². The lowest BCUT2D eigenvalue weighted by atomic mass is 10.1. The first-order valence-corrected chi connectivity index (χ1v) is 11.6. The maximum atomic E-state index is 13.2. The molecule has 30 heavy (non-hydrogen) atoms. The molecule has 156 valence electrons. The van der Waals surface area contributed by atoms with Crippen molar-refractivity contribution in [3.8, 4) is 17.2 Å². The predicted octanol–water partition coefficient (Wildman–Crippen LogP) is 2.39. The molecule has 1 aromatic heterocycles. The summed E-state index contributed by atoms with van der Waals surface area (Å²) in [5.74, 6) is -0.332. The first-order valence-electron chi connectivity index (χ1n) is 9.67. The van der Waals surface area contributed by atoms with Crippen LogP contribution in [0.15, 0.2) is 41.4 Å². The molecule has 1 saturated heterocycles. The number of hydrogen-bond acceptors (Lipinski definition) is 6. The van der Waals surface area contributed by atoms with E-state index in [1.54, 1.807) is 18.3 Å². The minimum Gasteiger partial charge on any atom is -0.336 e. The van der Waals surface area contributed by atoms with Crippen molar-refractivity contribution in [2.75, 3.05) is 6.54 Å². The van der Waals surface area contributed by atoms with Crippen molar-refractivity contribution in [1.29, 1.82) is 5.26 Å². The number of nitrogens with one attached hydrogen (secondary N) is 2. The second-order valence-electron chi connectivity index (χ2n) is 7.88. The number of aromatic nitrogens is 1. The summed E-state index contributed by atoms with van der Waals surface area (Å²) in [4.78, 5) is 16.6. The van der Waals surface area contributed by atoms with Crippen LogP contribution in [0.2, 0.25) is 5.02 Å². The van der Waals surface area contributed by atoms with Crippen LogP contribution in [0.1, 0.15) is 25.0 Å². The van der Waals surface area contributed by atoms with E-state index < -0.39 is 26.7 Å². The number of halogens is 1. The largest absolute Gasteiger partial charge is 0.336 e. The fourth-order valence-electron chi connectivity index (χ4n) is 3.67. The molecule has 0 bridgehead atoms. The average Bonchev–Trinajstić information content (AvgIpc) is 3.29. The van der Waals surface area contributed by atoms with Crippen LogP contribution in [0.25, 0.3) is 11.1 Å². The molecule has 1 aliphatic carbocycles. The summed E-state index contributed by atoms with van der Waals surface area (Å²) in [6.07, 6.45) is 3.08. The van der Waals surface area contributed by atoms with Gasteiger partial charge in [0, 0.05) is 18.4 Å². The van der Waals surface area contributed by atoms with Gasteiger partial charge in [0.15, 0.2) is 9.84 Å². The molecule has 2 heterocycles. The topological polar surface area (TPSA) is 112 Å². The van der Waals surface area contributed by atoms with E-state index in [1.165, 1.54) is 6.07 Å². The smallest absolute Gasteiger partial charge is 0.238 e. The van der Waals surface area contributed by atoms with Crippen molar-refractivity contribution in [2.24, 2.45) is 0 Å². The fraction of sp³-hybridized carbons (Fsp3) is 0.381. The molecule has 2 fully saturated rings. The monoisotopic (exact) mass is 444 g/mol. The van der Waals surface area contributed by atoms with Crippen LogP contribution >= 0.6 is 11.6 Å². The zero-order valence-electron chi connectivity index (χ0n) is 16.4. The Morgan fingerprint density at radius 2 is 2.03 bits per heavy atom. The number of carbonyl (C=O) groups is 1. The second kappa shape index (κ2) is 7.65. The van der Waals surface area contributed by atoms with E-state index in [0.29, 0.717) is 12.8 Å². The van der Waals surface area contributed by atoms with Crippen LogP contribution in [0.3, 0.4) is 0 Å². The van der Waals surface area contributed by atoms with Crippen LogP contribution in [-0.2, 0) is 14.6 Å². The highest BCUT2D eigenvalue weighted by molar-refractivity contribution is 7.92. The Morgan fingerprint density at radius 1 is 1.30 bits per heavy atom. The standard InChI is InChI=1S/C21H21ClN4O3S/c1-13-8-15(4-7-24-13)14-2-3-19(17(22)9-14)30(28,29)16-10-18(25-11-16)20(27)26-21(12-23)5-6-21/h2-4,7-9,16,18,25H,5-6,10-11H2,1H3,(H,26,27). The Bertz CT molecular complexity index is 1160. The van der Waals surface area contributed by atoms with Gasteiger partial charge in [-0.3, -0.25) is 9.78 Å². The lowest BCUT2D eigenvalue weighted by Gasteiger charge is -2.15. The summed E-state index contributed by atoms with van der Waals surface area (Å²) in [7, 11) is -3.73. The summed E-state index contributed by atoms with van der Waals surface area (Å²) in [6.45, 7) is 2.03. The van der Waals surface area contributed by atoms with Crippen LogP contribution in [0.5, 0.6) is 0 Å². The number of aryl methyl sites for hydroxylation is 1. The van der Waals surface area contributed by atoms with Gasteiger partial charge in [-0.05, 0) is 61.6 Å². The van der Waals surface area contributed by atoms with Gasteiger partial charge in [-0.25, -0.2) is 8.42 Å². The second-order valence-corrected chi connectivity index (χ2v) is 10.5. The number of nitriles is 1. The van der Waals surface area contributed by atoms with Gasteiger partial charge in [-0.15, -0.1) is 0 Å². The third kappa shape index (κ3) is 3.93. The number of hydrogen-bond donors (Lipinski definition) is 2. The van der Waals surface area contributed by atoms with Crippen molar-refractivity contribution in [1.82, 2.24) is 15.6 Å². The van der Waals surface area contributed by atoms with Crippen LogP contribution < -0.4 is 10.6 Å². The van der Waals surface area contributed by atoms with Crippen LogP contribution in [0.4, 0.5) is 0 Å². The van der Waals surface area contributed by atoms with Crippen LogP contribution in [-0.4, -0.2) is 42.7 Å². The molecule has 0 spiro atoms. The van der Waals surface area contributed by atoms with E-state index in [-0.39, 0.29) is 28.8 Å². The Labute approximate surface area is 180 Å². The molecular weight excluding hydrogens is 424 g/mol. The average molecular weight is 445 g/mol. The Kier molecular flexibility index (Phi) is 5.30. The summed E-state index contributed by atoms with van der Waals surface area (Å²) in [5, 5.41) is 14.2. The van der Waals surface area contributed by atoms with Crippen molar-refractivity contribution >= 4 is 27.3 Å². The molecule has 9 heteroatoms. The molecule has 2 atom stereocenters. The molecule has 1 saturated carbocycles. The molecule has 2 aromatic rings. The van der Waals surface area contributed by atoms with E-state index in [1.807, 2.05) is 19.1 Å². The van der Waals surface area contributed by atoms with Gasteiger partial charge >= 0.3 is 0 Å². The molecule has 2 aliphatic rings. The summed E-state index contributed by atoms with van der Waals surface area (Å²) >= 11 is 6.36. The van der Waals surface area contributed by atoms with E-state index in [9.17, 15) is 13.2 Å². The SMILES string of the molecule is Cc1cc(-c2ccc(S(=O)(=O)C3CNC(C(=O)NC4(C#N)CC4)C3)c(Cl)c2)ccn1. The van der Waals surface area contributed by atoms with Crippen molar-refractivity contribution in [3.63, 3.8) is 0 Å². The molecule has 0 radical (unpaired) electrons. The Balaban J connectivity index is 1.51. The van der Waals surface area contributed by atoms with E-state index in [2.05, 4.69) is 21.7 Å². The van der Waals surface area contributed by atoms with Crippen molar-refractivity contribution in [3.05, 3.63) is 47.2 Å². The van der Waals surface area contributed by atoms with Gasteiger partial charge in [-0.2, -0.15) is 5.26 Å². The minimum absolute atomic E-state index is 0.0576. The highest BCUT2D eigenvalue weighted by atomic mass is 35.5. The fourth-order valence-corrected chi connectivity index (χ4v) is 5.88. The number of benzene rings is 1. The van der Waals surface area contributed by atoms with E-state index in [0.717, 1.165) is 16.8 Å². The molecule has 1 aliphatic heterocycles. The molecule has 4 rings (SSSR count). The van der Waals surface area contributed by atoms with Gasteiger partial charge in [-0.1, -0.05) is 17.7 Å². The highest BCUT2D eigenvalue weighted by Crippen LogP contribution is 2.35. The first-order chi connectivity index (χ1) is 14.2. The molecule has 7 nitrogen and oxygen atoms in total. The summed E-state index contributed by atoms with van der Waals surface area (Å²) in [5.41, 5.74) is 1.78. The summed E-state index contributed by atoms with van der Waals surface area (Å²) in [6, 6.07) is 10.1. The molecular formula is C21H21ClN4O3S. The maximum Gasteiger partial charge on any atom is 0.238 e. The van der Waals surface area contributed by atoms with Gasteiger partial charge in [0.25, 0.3) is 0 Å². The van der Waals surface area contributed by atoms with Crippen molar-refractivity contribution in [2.45, 2.75) is 47.9 Å². The zero-order valence-corrected chi connectivity index (χ0v) is 17.9. The molecule has 1 aromatic carbocycles. The minimum atomic E-state index is -3.73. The van der Waals surface area contributed by atoms with Crippen LogP contribution in [0, 0.1) is 18.3 Å². The van der Waals surface area contributed by atoms with E-state index >= 15 is 0 Å². The number of nitrogens with zero attached hydrogens (tertiary/aromatic N) is 2. The lowest BCUT2D eigenvalue weighted by Crippen LogP contribution is -2.45. The summed E-state index contributed by atoms with van der Waals surface area (Å²) < 4.78 is 26.3. The quantitative estimate of drug-likeness (QED) is 0.732. The number of carbonyl (C=O) groups excluding carboxylic acids is 1. The van der Waals surface area contributed by atoms with E-state index in [4.69, 9.17) is 16.9 Å². The molecule has 2 unspecified atom stereocenters. The first kappa shape index (κ1) is 20.8. The number of pyridine rings is 1. The third-order valence-electron chi connectivity index (χ3n) is 5.64. The maximum absolute atomic E-state index is 13.2. The Morgan fingerprint density at radius 3 is 2.67 bits per heavy atom. The third-order valence-corrected chi connectivity index (χ3v) is 8.27. The normalized spacial score (nSPS) is 22.3. The Hall–Kier alpha value is -2.47. The number of amides is 1. The molecule has 2 N–H and O–H groups in total. The lowest BCUT2D eigenvalue weighted by molar-refractivity contribution is -0.123.